The van der Waals surface area contributed by atoms with Gasteiger partial charge in [0.1, 0.15) is 16.9 Å². The maximum absolute atomic E-state index is 4.15. The Labute approximate surface area is 79.5 Å². The molecule has 0 amide bonds. The summed E-state index contributed by atoms with van der Waals surface area (Å²) in [4.78, 5) is 15.2. The molecule has 0 bridgehead atoms. The molecule has 5 heteroatoms. The minimum Gasteiger partial charge on any atom is -0.341 e. The Balaban J connectivity index is 2.42. The van der Waals surface area contributed by atoms with E-state index in [1.807, 2.05) is 6.08 Å². The van der Waals surface area contributed by atoms with Gasteiger partial charge in [-0.15, -0.1) is 6.58 Å². The second-order valence-electron chi connectivity index (χ2n) is 2.38. The zero-order valence-electron chi connectivity index (χ0n) is 6.90. The zero-order chi connectivity index (χ0) is 9.10. The lowest BCUT2D eigenvalue weighted by molar-refractivity contribution is 1.09. The van der Waals surface area contributed by atoms with Crippen LogP contribution in [-0.2, 0) is 0 Å². The van der Waals surface area contributed by atoms with E-state index in [0.717, 1.165) is 16.3 Å². The van der Waals surface area contributed by atoms with Crippen molar-refractivity contribution in [3.8, 4) is 0 Å². The van der Waals surface area contributed by atoms with Crippen LogP contribution in [0.15, 0.2) is 30.3 Å². The van der Waals surface area contributed by atoms with E-state index >= 15 is 0 Å². The van der Waals surface area contributed by atoms with Crippen molar-refractivity contribution in [3.05, 3.63) is 25.3 Å². The summed E-state index contributed by atoms with van der Waals surface area (Å²) in [6.45, 7) is 3.65. The number of nitrogens with zero attached hydrogens (tertiary/aromatic N) is 3. The molecule has 2 aromatic rings. The number of hydrogen-bond donors (Lipinski definition) is 1. The summed E-state index contributed by atoms with van der Waals surface area (Å²) in [6.07, 6.45) is 4.99. The highest BCUT2D eigenvalue weighted by Crippen LogP contribution is 2.21. The SMILES string of the molecule is C=CCSc1ncnc2nc[nH]c12. The van der Waals surface area contributed by atoms with Gasteiger partial charge >= 0.3 is 0 Å². The van der Waals surface area contributed by atoms with Crippen LogP contribution < -0.4 is 0 Å². The molecule has 0 aliphatic rings. The fraction of sp³-hybridized carbons (Fsp3) is 0.125. The maximum Gasteiger partial charge on any atom is 0.181 e. The van der Waals surface area contributed by atoms with Gasteiger partial charge in [0.2, 0.25) is 0 Å². The van der Waals surface area contributed by atoms with E-state index in [-0.39, 0.29) is 0 Å². The van der Waals surface area contributed by atoms with E-state index in [9.17, 15) is 0 Å². The summed E-state index contributed by atoms with van der Waals surface area (Å²) in [5.41, 5.74) is 1.61. The zero-order valence-corrected chi connectivity index (χ0v) is 7.71. The average molecular weight is 192 g/mol. The number of thioether (sulfide) groups is 1. The van der Waals surface area contributed by atoms with Gasteiger partial charge in [-0.2, -0.15) is 0 Å². The van der Waals surface area contributed by atoms with Crippen LogP contribution in [0.1, 0.15) is 0 Å². The first-order valence-electron chi connectivity index (χ1n) is 3.79. The van der Waals surface area contributed by atoms with Gasteiger partial charge in [-0.05, 0) is 0 Å². The highest BCUT2D eigenvalue weighted by atomic mass is 32.2. The first-order valence-corrected chi connectivity index (χ1v) is 4.78. The lowest BCUT2D eigenvalue weighted by Gasteiger charge is -1.96. The third-order valence-corrected chi connectivity index (χ3v) is 2.51. The molecular formula is C8H8N4S. The van der Waals surface area contributed by atoms with Gasteiger partial charge in [-0.1, -0.05) is 17.8 Å². The molecule has 0 spiro atoms. The maximum atomic E-state index is 4.15. The lowest BCUT2D eigenvalue weighted by Crippen LogP contribution is -1.85. The van der Waals surface area contributed by atoms with Crippen LogP contribution in [0.3, 0.4) is 0 Å². The monoisotopic (exact) mass is 192 g/mol. The third kappa shape index (κ3) is 1.55. The van der Waals surface area contributed by atoms with Gasteiger partial charge in [-0.3, -0.25) is 0 Å². The molecule has 66 valence electrons. The number of H-pyrrole nitrogens is 1. The normalized spacial score (nSPS) is 10.5. The molecule has 4 nitrogen and oxygen atoms in total. The molecule has 0 saturated heterocycles. The molecular weight excluding hydrogens is 184 g/mol. The number of aromatic nitrogens is 4. The summed E-state index contributed by atoms with van der Waals surface area (Å²) >= 11 is 1.61. The molecule has 0 aromatic carbocycles. The van der Waals surface area contributed by atoms with Crippen molar-refractivity contribution < 1.29 is 0 Å². The molecule has 13 heavy (non-hydrogen) atoms. The molecule has 1 N–H and O–H groups in total. The standard InChI is InChI=1S/C8H8N4S/c1-2-3-13-8-6-7(10-4-9-6)11-5-12-8/h2,4-5H,1,3H2,(H,9,10,11,12). The first kappa shape index (κ1) is 8.25. The van der Waals surface area contributed by atoms with E-state index in [1.165, 1.54) is 6.33 Å². The van der Waals surface area contributed by atoms with Crippen LogP contribution in [0.4, 0.5) is 0 Å². The minimum absolute atomic E-state index is 0.710. The Morgan fingerprint density at radius 1 is 1.46 bits per heavy atom. The van der Waals surface area contributed by atoms with Crippen LogP contribution in [0.25, 0.3) is 11.2 Å². The van der Waals surface area contributed by atoms with Crippen molar-refractivity contribution in [2.45, 2.75) is 5.03 Å². The summed E-state index contributed by atoms with van der Waals surface area (Å²) in [6, 6.07) is 0. The van der Waals surface area contributed by atoms with Crippen LogP contribution in [0.2, 0.25) is 0 Å². The van der Waals surface area contributed by atoms with Gasteiger partial charge < -0.3 is 4.98 Å². The predicted octanol–water partition coefficient (Wildman–Crippen LogP) is 1.63. The van der Waals surface area contributed by atoms with Crippen LogP contribution >= 0.6 is 11.8 Å². The Kier molecular flexibility index (Phi) is 2.27. The van der Waals surface area contributed by atoms with Gasteiger partial charge in [0.25, 0.3) is 0 Å². The second-order valence-corrected chi connectivity index (χ2v) is 3.39. The molecule has 2 rings (SSSR count). The number of hydrogen-bond acceptors (Lipinski definition) is 4. The largest absolute Gasteiger partial charge is 0.341 e. The average Bonchev–Trinajstić information content (AvgIpc) is 2.62. The van der Waals surface area contributed by atoms with Crippen molar-refractivity contribution in [3.63, 3.8) is 0 Å². The van der Waals surface area contributed by atoms with Crippen molar-refractivity contribution in [1.29, 1.82) is 0 Å². The Morgan fingerprint density at radius 3 is 3.23 bits per heavy atom. The fourth-order valence-electron chi connectivity index (χ4n) is 0.990. The molecule has 0 unspecified atom stereocenters. The molecule has 2 heterocycles. The molecule has 0 atom stereocenters. The smallest absolute Gasteiger partial charge is 0.181 e. The van der Waals surface area contributed by atoms with E-state index in [2.05, 4.69) is 26.5 Å². The summed E-state index contributed by atoms with van der Waals surface area (Å²) in [7, 11) is 0. The number of aromatic amines is 1. The molecule has 0 saturated carbocycles. The molecule has 0 fully saturated rings. The van der Waals surface area contributed by atoms with E-state index in [1.54, 1.807) is 18.1 Å². The summed E-state index contributed by atoms with van der Waals surface area (Å²) in [5.74, 6) is 0.838. The summed E-state index contributed by atoms with van der Waals surface area (Å²) in [5, 5.41) is 0.919. The Hall–Kier alpha value is -1.36. The van der Waals surface area contributed by atoms with Crippen LogP contribution in [0.5, 0.6) is 0 Å². The highest BCUT2D eigenvalue weighted by Gasteiger charge is 2.04. The van der Waals surface area contributed by atoms with Gasteiger partial charge in [-0.25, -0.2) is 15.0 Å². The van der Waals surface area contributed by atoms with Crippen LogP contribution in [0, 0.1) is 0 Å². The number of nitrogens with one attached hydrogen (secondary N) is 1. The van der Waals surface area contributed by atoms with Crippen molar-refractivity contribution in [2.24, 2.45) is 0 Å². The van der Waals surface area contributed by atoms with Crippen molar-refractivity contribution in [1.82, 2.24) is 19.9 Å². The second kappa shape index (κ2) is 3.57. The third-order valence-electron chi connectivity index (χ3n) is 1.53. The number of fused-ring (bicyclic) bond motifs is 1. The predicted molar refractivity (Wildman–Crippen MR) is 52.6 cm³/mol. The molecule has 0 aliphatic carbocycles. The lowest BCUT2D eigenvalue weighted by atomic mass is 10.6. The van der Waals surface area contributed by atoms with Crippen molar-refractivity contribution >= 4 is 22.9 Å². The van der Waals surface area contributed by atoms with Crippen LogP contribution in [-0.4, -0.2) is 25.7 Å². The van der Waals surface area contributed by atoms with Gasteiger partial charge in [0.05, 0.1) is 6.33 Å². The van der Waals surface area contributed by atoms with E-state index in [0.29, 0.717) is 5.65 Å². The summed E-state index contributed by atoms with van der Waals surface area (Å²) < 4.78 is 0. The number of imidazole rings is 1. The fourth-order valence-corrected chi connectivity index (χ4v) is 1.68. The Morgan fingerprint density at radius 2 is 2.38 bits per heavy atom. The minimum atomic E-state index is 0.710. The first-order chi connectivity index (χ1) is 6.42. The molecule has 0 aliphatic heterocycles. The Bertz CT molecular complexity index is 423. The quantitative estimate of drug-likeness (QED) is 0.456. The molecule has 2 aromatic heterocycles. The topological polar surface area (TPSA) is 54.5 Å². The molecule has 0 radical (unpaired) electrons. The van der Waals surface area contributed by atoms with E-state index in [4.69, 9.17) is 0 Å². The van der Waals surface area contributed by atoms with E-state index < -0.39 is 0 Å². The number of rotatable bonds is 3. The van der Waals surface area contributed by atoms with Gasteiger partial charge in [0.15, 0.2) is 5.65 Å². The van der Waals surface area contributed by atoms with Gasteiger partial charge in [0, 0.05) is 5.75 Å². The van der Waals surface area contributed by atoms with Crippen molar-refractivity contribution in [2.75, 3.05) is 5.75 Å². The highest BCUT2D eigenvalue weighted by molar-refractivity contribution is 7.99.